The number of carbonyl (C=O) groups is 1. The van der Waals surface area contributed by atoms with Crippen LogP contribution in [0.25, 0.3) is 0 Å². The molecule has 0 amide bonds. The van der Waals surface area contributed by atoms with Gasteiger partial charge in [-0.1, -0.05) is 6.07 Å². The zero-order valence-corrected chi connectivity index (χ0v) is 9.00. The van der Waals surface area contributed by atoms with Crippen molar-refractivity contribution in [2.24, 2.45) is 0 Å². The molecule has 0 radical (unpaired) electrons. The van der Waals surface area contributed by atoms with Gasteiger partial charge in [0, 0.05) is 6.42 Å². The summed E-state index contributed by atoms with van der Waals surface area (Å²) in [5.74, 6) is 1.37. The molecule has 0 unspecified atom stereocenters. The smallest absolute Gasteiger partial charge is 0.171 e. The van der Waals surface area contributed by atoms with Gasteiger partial charge in [0.25, 0.3) is 0 Å². The summed E-state index contributed by atoms with van der Waals surface area (Å²) >= 11 is 0. The van der Waals surface area contributed by atoms with Gasteiger partial charge in [-0.3, -0.25) is 4.79 Å². The van der Waals surface area contributed by atoms with Gasteiger partial charge in [-0.05, 0) is 24.5 Å². The molecule has 0 aliphatic heterocycles. The van der Waals surface area contributed by atoms with Crippen LogP contribution in [0.5, 0.6) is 11.5 Å². The summed E-state index contributed by atoms with van der Waals surface area (Å²) in [4.78, 5) is 11.8. The fraction of sp³-hybridized carbons (Fsp3) is 0.417. The van der Waals surface area contributed by atoms with E-state index in [1.54, 1.807) is 14.2 Å². The second-order valence-corrected chi connectivity index (χ2v) is 3.61. The van der Waals surface area contributed by atoms with Gasteiger partial charge < -0.3 is 9.47 Å². The summed E-state index contributed by atoms with van der Waals surface area (Å²) in [6.45, 7) is 0. The average Bonchev–Trinajstić information content (AvgIpc) is 2.28. The van der Waals surface area contributed by atoms with E-state index in [-0.39, 0.29) is 5.78 Å². The van der Waals surface area contributed by atoms with Crippen molar-refractivity contribution in [3.63, 3.8) is 0 Å². The maximum Gasteiger partial charge on any atom is 0.171 e. The molecule has 3 nitrogen and oxygen atoms in total. The summed E-state index contributed by atoms with van der Waals surface area (Å²) in [6, 6.07) is 3.81. The number of carbonyl (C=O) groups excluding carboxylic acids is 1. The van der Waals surface area contributed by atoms with Crippen molar-refractivity contribution in [2.45, 2.75) is 19.3 Å². The van der Waals surface area contributed by atoms with E-state index in [0.29, 0.717) is 23.5 Å². The predicted molar refractivity (Wildman–Crippen MR) is 56.8 cm³/mol. The van der Waals surface area contributed by atoms with E-state index in [9.17, 15) is 4.79 Å². The first-order valence-electron chi connectivity index (χ1n) is 5.05. The molecule has 1 aliphatic rings. The molecular weight excluding hydrogens is 192 g/mol. The quantitative estimate of drug-likeness (QED) is 0.744. The summed E-state index contributed by atoms with van der Waals surface area (Å²) < 4.78 is 10.4. The summed E-state index contributed by atoms with van der Waals surface area (Å²) in [6.07, 6.45) is 2.49. The lowest BCUT2D eigenvalue weighted by Gasteiger charge is -2.19. The number of benzene rings is 1. The van der Waals surface area contributed by atoms with Crippen LogP contribution in [-0.4, -0.2) is 20.0 Å². The van der Waals surface area contributed by atoms with Gasteiger partial charge >= 0.3 is 0 Å². The third kappa shape index (κ3) is 1.58. The van der Waals surface area contributed by atoms with Gasteiger partial charge in [0.15, 0.2) is 17.3 Å². The van der Waals surface area contributed by atoms with Gasteiger partial charge in [-0.15, -0.1) is 0 Å². The highest BCUT2D eigenvalue weighted by atomic mass is 16.5. The molecule has 0 saturated carbocycles. The van der Waals surface area contributed by atoms with E-state index < -0.39 is 0 Å². The molecule has 0 atom stereocenters. The molecule has 15 heavy (non-hydrogen) atoms. The Morgan fingerprint density at radius 1 is 1.13 bits per heavy atom. The van der Waals surface area contributed by atoms with Crippen LogP contribution < -0.4 is 9.47 Å². The van der Waals surface area contributed by atoms with Crippen LogP contribution in [0.15, 0.2) is 12.1 Å². The number of ether oxygens (including phenoxy) is 2. The number of hydrogen-bond donors (Lipinski definition) is 0. The minimum Gasteiger partial charge on any atom is -0.493 e. The second kappa shape index (κ2) is 3.93. The molecule has 3 heteroatoms. The highest BCUT2D eigenvalue weighted by molar-refractivity contribution is 6.01. The molecule has 2 rings (SSSR count). The molecule has 1 aromatic rings. The molecular formula is C12H14O3. The maximum atomic E-state index is 11.8. The summed E-state index contributed by atoms with van der Waals surface area (Å²) in [7, 11) is 3.15. The molecule has 1 aromatic carbocycles. The fourth-order valence-electron chi connectivity index (χ4n) is 2.05. The van der Waals surface area contributed by atoms with E-state index in [1.165, 1.54) is 0 Å². The Labute approximate surface area is 89.0 Å². The Morgan fingerprint density at radius 3 is 2.60 bits per heavy atom. The Hall–Kier alpha value is -1.51. The van der Waals surface area contributed by atoms with Gasteiger partial charge in [0.05, 0.1) is 19.8 Å². The predicted octanol–water partition coefficient (Wildman–Crippen LogP) is 2.22. The van der Waals surface area contributed by atoms with E-state index in [4.69, 9.17) is 9.47 Å². The monoisotopic (exact) mass is 206 g/mol. The van der Waals surface area contributed by atoms with Gasteiger partial charge in [-0.2, -0.15) is 0 Å². The standard InChI is InChI=1S/C12H14O3/c1-14-10-7-6-8-4-3-5-9(13)11(8)12(10)15-2/h6-7H,3-5H2,1-2H3. The van der Waals surface area contributed by atoms with E-state index in [1.807, 2.05) is 12.1 Å². The molecule has 0 aromatic heterocycles. The van der Waals surface area contributed by atoms with E-state index in [2.05, 4.69) is 0 Å². The van der Waals surface area contributed by atoms with E-state index >= 15 is 0 Å². The van der Waals surface area contributed by atoms with Gasteiger partial charge in [-0.25, -0.2) is 0 Å². The summed E-state index contributed by atoms with van der Waals surface area (Å²) in [5.41, 5.74) is 1.78. The van der Waals surface area contributed by atoms with Gasteiger partial charge in [0.1, 0.15) is 0 Å². The lowest BCUT2D eigenvalue weighted by atomic mass is 9.89. The highest BCUT2D eigenvalue weighted by Crippen LogP contribution is 2.37. The first kappa shape index (κ1) is 10.0. The number of methoxy groups -OCH3 is 2. The topological polar surface area (TPSA) is 35.5 Å². The molecule has 0 N–H and O–H groups in total. The minimum atomic E-state index is 0.159. The third-order valence-corrected chi connectivity index (χ3v) is 2.76. The Bertz CT molecular complexity index is 396. The number of rotatable bonds is 2. The average molecular weight is 206 g/mol. The Kier molecular flexibility index (Phi) is 2.62. The molecule has 0 spiro atoms. The van der Waals surface area contributed by atoms with Crippen LogP contribution in [0.4, 0.5) is 0 Å². The molecule has 1 aliphatic carbocycles. The van der Waals surface area contributed by atoms with Crippen LogP contribution in [0.3, 0.4) is 0 Å². The number of fused-ring (bicyclic) bond motifs is 1. The number of Topliss-reactive ketones (excluding diaryl/α,β-unsaturated/α-hetero) is 1. The van der Waals surface area contributed by atoms with Crippen molar-refractivity contribution in [3.05, 3.63) is 23.3 Å². The van der Waals surface area contributed by atoms with Crippen molar-refractivity contribution in [1.82, 2.24) is 0 Å². The number of hydrogen-bond acceptors (Lipinski definition) is 3. The van der Waals surface area contributed by atoms with Crippen molar-refractivity contribution < 1.29 is 14.3 Å². The van der Waals surface area contributed by atoms with Crippen molar-refractivity contribution in [3.8, 4) is 11.5 Å². The minimum absolute atomic E-state index is 0.159. The summed E-state index contributed by atoms with van der Waals surface area (Å²) in [5, 5.41) is 0. The zero-order valence-electron chi connectivity index (χ0n) is 9.00. The van der Waals surface area contributed by atoms with Crippen LogP contribution >= 0.6 is 0 Å². The number of ketones is 1. The molecule has 0 saturated heterocycles. The Morgan fingerprint density at radius 2 is 1.93 bits per heavy atom. The van der Waals surface area contributed by atoms with Crippen molar-refractivity contribution in [1.29, 1.82) is 0 Å². The second-order valence-electron chi connectivity index (χ2n) is 3.61. The highest BCUT2D eigenvalue weighted by Gasteiger charge is 2.23. The fourth-order valence-corrected chi connectivity index (χ4v) is 2.05. The van der Waals surface area contributed by atoms with Gasteiger partial charge in [0.2, 0.25) is 0 Å². The largest absolute Gasteiger partial charge is 0.493 e. The number of aryl methyl sites for hydroxylation is 1. The first-order chi connectivity index (χ1) is 7.27. The molecule has 0 bridgehead atoms. The Balaban J connectivity index is 2.61. The van der Waals surface area contributed by atoms with Crippen molar-refractivity contribution >= 4 is 5.78 Å². The lowest BCUT2D eigenvalue weighted by Crippen LogP contribution is -2.13. The maximum absolute atomic E-state index is 11.8. The third-order valence-electron chi connectivity index (χ3n) is 2.76. The van der Waals surface area contributed by atoms with Crippen molar-refractivity contribution in [2.75, 3.05) is 14.2 Å². The molecule has 0 heterocycles. The molecule has 0 fully saturated rings. The van der Waals surface area contributed by atoms with Crippen LogP contribution in [0.1, 0.15) is 28.8 Å². The van der Waals surface area contributed by atoms with Crippen LogP contribution in [0.2, 0.25) is 0 Å². The first-order valence-corrected chi connectivity index (χ1v) is 5.05. The van der Waals surface area contributed by atoms with Crippen LogP contribution in [-0.2, 0) is 6.42 Å². The van der Waals surface area contributed by atoms with Crippen LogP contribution in [0, 0.1) is 0 Å². The van der Waals surface area contributed by atoms with E-state index in [0.717, 1.165) is 18.4 Å². The molecule has 80 valence electrons. The lowest BCUT2D eigenvalue weighted by molar-refractivity contribution is 0.0968. The SMILES string of the molecule is COc1ccc2c(c1OC)C(=O)CCC2. The zero-order chi connectivity index (χ0) is 10.8. The normalized spacial score (nSPS) is 14.7.